The summed E-state index contributed by atoms with van der Waals surface area (Å²) in [6, 6.07) is 14.9. The molecule has 128 valence electrons. The van der Waals surface area contributed by atoms with E-state index in [0.29, 0.717) is 12.1 Å². The van der Waals surface area contributed by atoms with Crippen LogP contribution in [0.5, 0.6) is 0 Å². The molecule has 25 heavy (non-hydrogen) atoms. The molecule has 0 radical (unpaired) electrons. The van der Waals surface area contributed by atoms with Gasteiger partial charge >= 0.3 is 0 Å². The number of nitrogens with zero attached hydrogens (tertiary/aromatic N) is 2. The van der Waals surface area contributed by atoms with E-state index in [4.69, 9.17) is 0 Å². The molecule has 0 saturated carbocycles. The number of pyridine rings is 1. The van der Waals surface area contributed by atoms with Crippen molar-refractivity contribution in [2.75, 3.05) is 13.6 Å². The number of aromatic amines is 2. The van der Waals surface area contributed by atoms with Crippen molar-refractivity contribution in [2.45, 2.75) is 12.8 Å². The summed E-state index contributed by atoms with van der Waals surface area (Å²) in [4.78, 5) is 27.5. The Labute approximate surface area is 145 Å². The van der Waals surface area contributed by atoms with E-state index in [1.807, 2.05) is 36.4 Å². The molecule has 0 bridgehead atoms. The minimum Gasteiger partial charge on any atom is -0.342 e. The van der Waals surface area contributed by atoms with E-state index in [2.05, 4.69) is 15.2 Å². The van der Waals surface area contributed by atoms with Crippen LogP contribution in [0.25, 0.3) is 11.3 Å². The third kappa shape index (κ3) is 4.23. The van der Waals surface area contributed by atoms with Crippen molar-refractivity contribution in [1.82, 2.24) is 20.1 Å². The van der Waals surface area contributed by atoms with E-state index in [-0.39, 0.29) is 11.5 Å². The summed E-state index contributed by atoms with van der Waals surface area (Å²) >= 11 is 0. The molecule has 0 aliphatic heterocycles. The number of H-pyrrole nitrogens is 2. The molecule has 3 rings (SSSR count). The lowest BCUT2D eigenvalue weighted by Crippen LogP contribution is -2.28. The Kier molecular flexibility index (Phi) is 5.09. The Morgan fingerprint density at radius 1 is 1.16 bits per heavy atom. The van der Waals surface area contributed by atoms with Crippen molar-refractivity contribution in [3.63, 3.8) is 0 Å². The molecule has 3 aromatic rings. The van der Waals surface area contributed by atoms with Crippen molar-refractivity contribution in [2.24, 2.45) is 0 Å². The van der Waals surface area contributed by atoms with E-state index in [0.717, 1.165) is 29.8 Å². The summed E-state index contributed by atoms with van der Waals surface area (Å²) in [6.45, 7) is 0.623. The predicted molar refractivity (Wildman–Crippen MR) is 96.4 cm³/mol. The number of hydrogen-bond donors (Lipinski definition) is 2. The number of rotatable bonds is 6. The van der Waals surface area contributed by atoms with Gasteiger partial charge in [-0.05, 0) is 25.0 Å². The van der Waals surface area contributed by atoms with E-state index < -0.39 is 0 Å². The minimum atomic E-state index is -0.215. The molecule has 0 saturated heterocycles. The van der Waals surface area contributed by atoms with Crippen LogP contribution in [0, 0.1) is 0 Å². The fourth-order valence-corrected chi connectivity index (χ4v) is 2.62. The topological polar surface area (TPSA) is 81.8 Å². The van der Waals surface area contributed by atoms with Gasteiger partial charge < -0.3 is 9.88 Å². The highest BCUT2D eigenvalue weighted by Gasteiger charge is 2.11. The quantitative estimate of drug-likeness (QED) is 0.725. The Balaban J connectivity index is 1.52. The third-order valence-electron chi connectivity index (χ3n) is 4.02. The number of carbonyl (C=O) groups is 1. The lowest BCUT2D eigenvalue weighted by molar-refractivity contribution is 0.0793. The van der Waals surface area contributed by atoms with Crippen LogP contribution in [0.2, 0.25) is 0 Å². The molecule has 0 fully saturated rings. The second-order valence-corrected chi connectivity index (χ2v) is 5.92. The van der Waals surface area contributed by atoms with Gasteiger partial charge in [-0.25, -0.2) is 0 Å². The largest absolute Gasteiger partial charge is 0.342 e. The van der Waals surface area contributed by atoms with E-state index in [1.165, 1.54) is 12.3 Å². The maximum absolute atomic E-state index is 12.3. The van der Waals surface area contributed by atoms with Crippen LogP contribution < -0.4 is 5.56 Å². The van der Waals surface area contributed by atoms with Gasteiger partial charge in [-0.15, -0.1) is 0 Å². The zero-order valence-corrected chi connectivity index (χ0v) is 14.0. The first-order chi connectivity index (χ1) is 12.1. The van der Waals surface area contributed by atoms with Crippen molar-refractivity contribution >= 4 is 5.91 Å². The second-order valence-electron chi connectivity index (χ2n) is 5.92. The molecule has 2 heterocycles. The monoisotopic (exact) mass is 336 g/mol. The summed E-state index contributed by atoms with van der Waals surface area (Å²) in [7, 11) is 1.76. The Morgan fingerprint density at radius 2 is 1.96 bits per heavy atom. The van der Waals surface area contributed by atoms with Crippen molar-refractivity contribution in [3.05, 3.63) is 76.3 Å². The molecule has 0 aliphatic rings. The molecule has 2 N–H and O–H groups in total. The minimum absolute atomic E-state index is 0.106. The molecular formula is C19H20N4O2. The number of benzene rings is 1. The number of aryl methyl sites for hydroxylation is 1. The molecule has 0 spiro atoms. The van der Waals surface area contributed by atoms with Gasteiger partial charge in [0.15, 0.2) is 0 Å². The first-order valence-electron chi connectivity index (χ1n) is 8.17. The van der Waals surface area contributed by atoms with Crippen LogP contribution in [-0.4, -0.2) is 39.6 Å². The van der Waals surface area contributed by atoms with Gasteiger partial charge in [-0.1, -0.05) is 30.3 Å². The average Bonchev–Trinajstić information content (AvgIpc) is 3.11. The third-order valence-corrected chi connectivity index (χ3v) is 4.02. The highest BCUT2D eigenvalue weighted by atomic mass is 16.2. The highest BCUT2D eigenvalue weighted by molar-refractivity contribution is 5.93. The van der Waals surface area contributed by atoms with Gasteiger partial charge in [0, 0.05) is 37.1 Å². The molecular weight excluding hydrogens is 316 g/mol. The van der Waals surface area contributed by atoms with Crippen molar-refractivity contribution in [3.8, 4) is 11.3 Å². The van der Waals surface area contributed by atoms with Gasteiger partial charge in [-0.2, -0.15) is 5.10 Å². The summed E-state index contributed by atoms with van der Waals surface area (Å²) in [5, 5.41) is 7.39. The smallest absolute Gasteiger partial charge is 0.255 e. The van der Waals surface area contributed by atoms with Crippen molar-refractivity contribution in [1.29, 1.82) is 0 Å². The summed E-state index contributed by atoms with van der Waals surface area (Å²) in [5.74, 6) is -0.106. The molecule has 0 aliphatic carbocycles. The maximum Gasteiger partial charge on any atom is 0.255 e. The Morgan fingerprint density at radius 3 is 2.68 bits per heavy atom. The van der Waals surface area contributed by atoms with Gasteiger partial charge in [0.2, 0.25) is 5.56 Å². The molecule has 6 heteroatoms. The zero-order valence-electron chi connectivity index (χ0n) is 14.0. The first kappa shape index (κ1) is 16.7. The lowest BCUT2D eigenvalue weighted by Gasteiger charge is -2.16. The standard InChI is InChI=1S/C19H20N4O2/c1-23(19(25)15-9-10-18(24)20-13-15)11-5-8-16-12-17(22-21-16)14-6-3-2-4-7-14/h2-4,6-7,9-10,12-13H,5,8,11H2,1H3,(H,20,24)(H,21,22). The predicted octanol–water partition coefficient (Wildman–Crippen LogP) is 2.47. The summed E-state index contributed by atoms with van der Waals surface area (Å²) < 4.78 is 0. The van der Waals surface area contributed by atoms with Crippen LogP contribution in [-0.2, 0) is 6.42 Å². The molecule has 1 amide bonds. The number of aromatic nitrogens is 3. The molecule has 2 aromatic heterocycles. The first-order valence-corrected chi connectivity index (χ1v) is 8.17. The van der Waals surface area contributed by atoms with Crippen LogP contribution >= 0.6 is 0 Å². The van der Waals surface area contributed by atoms with Crippen LogP contribution in [0.3, 0.4) is 0 Å². The van der Waals surface area contributed by atoms with E-state index in [1.54, 1.807) is 18.0 Å². The Hall–Kier alpha value is -3.15. The maximum atomic E-state index is 12.3. The van der Waals surface area contributed by atoms with Gasteiger partial charge in [0.05, 0.1) is 11.3 Å². The molecule has 1 aromatic carbocycles. The van der Waals surface area contributed by atoms with Gasteiger partial charge in [0.1, 0.15) is 0 Å². The molecule has 0 atom stereocenters. The fraction of sp³-hybridized carbons (Fsp3) is 0.211. The normalized spacial score (nSPS) is 10.6. The number of hydrogen-bond acceptors (Lipinski definition) is 3. The SMILES string of the molecule is CN(CCCc1cc(-c2ccccc2)n[nH]1)C(=O)c1ccc(=O)[nH]c1. The molecule has 6 nitrogen and oxygen atoms in total. The average molecular weight is 336 g/mol. The van der Waals surface area contributed by atoms with Crippen molar-refractivity contribution < 1.29 is 4.79 Å². The lowest BCUT2D eigenvalue weighted by atomic mass is 10.1. The van der Waals surface area contributed by atoms with Crippen LogP contribution in [0.1, 0.15) is 22.5 Å². The highest BCUT2D eigenvalue weighted by Crippen LogP contribution is 2.17. The van der Waals surface area contributed by atoms with Crippen LogP contribution in [0.15, 0.2) is 59.5 Å². The van der Waals surface area contributed by atoms with Gasteiger partial charge in [-0.3, -0.25) is 14.7 Å². The summed E-state index contributed by atoms with van der Waals surface area (Å²) in [6.07, 6.45) is 3.08. The number of nitrogens with one attached hydrogen (secondary N) is 2. The van der Waals surface area contributed by atoms with E-state index in [9.17, 15) is 9.59 Å². The number of carbonyl (C=O) groups excluding carboxylic acids is 1. The Bertz CT molecular complexity index is 879. The fourth-order valence-electron chi connectivity index (χ4n) is 2.62. The van der Waals surface area contributed by atoms with Crippen LogP contribution in [0.4, 0.5) is 0 Å². The zero-order chi connectivity index (χ0) is 17.6. The van der Waals surface area contributed by atoms with Gasteiger partial charge in [0.25, 0.3) is 5.91 Å². The second kappa shape index (κ2) is 7.61. The number of amides is 1. The van der Waals surface area contributed by atoms with E-state index >= 15 is 0 Å². The molecule has 0 unspecified atom stereocenters. The summed E-state index contributed by atoms with van der Waals surface area (Å²) in [5.41, 5.74) is 3.31.